The standard InChI is InChI=1S/C13H18BrClN2O/c1-13(2,3)10(18-4)12-16-9(7-5-6-7)8(14)11(15)17-12/h7,10H,5-6H2,1-4H3. The first kappa shape index (κ1) is 14.2. The van der Waals surface area contributed by atoms with Crippen molar-refractivity contribution in [1.29, 1.82) is 0 Å². The Kier molecular flexibility index (Phi) is 4.00. The van der Waals surface area contributed by atoms with Gasteiger partial charge in [0.25, 0.3) is 0 Å². The molecule has 1 heterocycles. The molecule has 1 aliphatic rings. The first-order valence-electron chi connectivity index (χ1n) is 6.10. The van der Waals surface area contributed by atoms with Gasteiger partial charge in [-0.25, -0.2) is 9.97 Å². The summed E-state index contributed by atoms with van der Waals surface area (Å²) in [6.07, 6.45) is 2.21. The van der Waals surface area contributed by atoms with Gasteiger partial charge in [0.05, 0.1) is 10.2 Å². The molecule has 18 heavy (non-hydrogen) atoms. The number of rotatable bonds is 3. The lowest BCUT2D eigenvalue weighted by Gasteiger charge is -2.28. The second-order valence-corrected chi connectivity index (χ2v) is 6.98. The van der Waals surface area contributed by atoms with Crippen LogP contribution >= 0.6 is 27.5 Å². The Bertz CT molecular complexity index is 455. The van der Waals surface area contributed by atoms with Crippen molar-refractivity contribution in [2.45, 2.75) is 45.6 Å². The third-order valence-corrected chi connectivity index (χ3v) is 4.36. The predicted molar refractivity (Wildman–Crippen MR) is 75.9 cm³/mol. The average molecular weight is 334 g/mol. The van der Waals surface area contributed by atoms with Crippen LogP contribution in [0, 0.1) is 5.41 Å². The fourth-order valence-electron chi connectivity index (χ4n) is 2.04. The molecule has 100 valence electrons. The molecule has 0 N–H and O–H groups in total. The highest BCUT2D eigenvalue weighted by Gasteiger charge is 2.33. The van der Waals surface area contributed by atoms with Crippen molar-refractivity contribution in [2.75, 3.05) is 7.11 Å². The summed E-state index contributed by atoms with van der Waals surface area (Å²) in [4.78, 5) is 9.03. The largest absolute Gasteiger partial charge is 0.373 e. The molecule has 0 bridgehead atoms. The van der Waals surface area contributed by atoms with E-state index >= 15 is 0 Å². The van der Waals surface area contributed by atoms with Crippen molar-refractivity contribution in [3.05, 3.63) is 21.1 Å². The van der Waals surface area contributed by atoms with Gasteiger partial charge in [0.2, 0.25) is 0 Å². The van der Waals surface area contributed by atoms with E-state index in [0.29, 0.717) is 16.9 Å². The van der Waals surface area contributed by atoms with Crippen molar-refractivity contribution in [3.8, 4) is 0 Å². The lowest BCUT2D eigenvalue weighted by atomic mass is 9.88. The van der Waals surface area contributed by atoms with E-state index in [9.17, 15) is 0 Å². The minimum Gasteiger partial charge on any atom is -0.373 e. The highest BCUT2D eigenvalue weighted by Crippen LogP contribution is 2.45. The predicted octanol–water partition coefficient (Wildman–Crippen LogP) is 4.50. The van der Waals surface area contributed by atoms with Gasteiger partial charge in [-0.3, -0.25) is 0 Å². The Hall–Kier alpha value is -0.190. The van der Waals surface area contributed by atoms with Gasteiger partial charge >= 0.3 is 0 Å². The van der Waals surface area contributed by atoms with E-state index in [-0.39, 0.29) is 11.5 Å². The lowest BCUT2D eigenvalue weighted by Crippen LogP contribution is -2.23. The molecule has 0 amide bonds. The van der Waals surface area contributed by atoms with E-state index in [2.05, 4.69) is 46.7 Å². The van der Waals surface area contributed by atoms with Crippen LogP contribution in [0.3, 0.4) is 0 Å². The van der Waals surface area contributed by atoms with Gasteiger partial charge in [-0.2, -0.15) is 0 Å². The minimum atomic E-state index is -0.152. The zero-order valence-electron chi connectivity index (χ0n) is 11.1. The molecule has 0 radical (unpaired) electrons. The number of methoxy groups -OCH3 is 1. The zero-order valence-corrected chi connectivity index (χ0v) is 13.5. The summed E-state index contributed by atoms with van der Waals surface area (Å²) in [7, 11) is 1.69. The normalized spacial score (nSPS) is 17.9. The van der Waals surface area contributed by atoms with E-state index in [0.717, 1.165) is 10.2 Å². The van der Waals surface area contributed by atoms with Crippen LogP contribution in [-0.2, 0) is 4.74 Å². The van der Waals surface area contributed by atoms with Crippen molar-refractivity contribution in [1.82, 2.24) is 9.97 Å². The molecule has 1 aromatic rings. The van der Waals surface area contributed by atoms with Gasteiger partial charge in [0.15, 0.2) is 5.82 Å². The molecule has 1 atom stereocenters. The molecule has 0 aromatic carbocycles. The summed E-state index contributed by atoms with van der Waals surface area (Å²) in [6, 6.07) is 0. The third-order valence-electron chi connectivity index (χ3n) is 3.07. The first-order chi connectivity index (χ1) is 8.34. The topological polar surface area (TPSA) is 35.0 Å². The number of halogens is 2. The third kappa shape index (κ3) is 2.86. The van der Waals surface area contributed by atoms with E-state index in [4.69, 9.17) is 16.3 Å². The maximum atomic E-state index is 6.19. The molecular weight excluding hydrogens is 316 g/mol. The molecule has 2 rings (SSSR count). The van der Waals surface area contributed by atoms with Crippen LogP contribution in [0.4, 0.5) is 0 Å². The van der Waals surface area contributed by atoms with Crippen molar-refractivity contribution in [2.24, 2.45) is 5.41 Å². The Morgan fingerprint density at radius 2 is 1.94 bits per heavy atom. The van der Waals surface area contributed by atoms with Gasteiger partial charge in [-0.15, -0.1) is 0 Å². The van der Waals surface area contributed by atoms with Crippen molar-refractivity contribution < 1.29 is 4.74 Å². The maximum Gasteiger partial charge on any atom is 0.159 e. The van der Waals surface area contributed by atoms with Crippen LogP contribution in [0.15, 0.2) is 4.47 Å². The molecule has 1 unspecified atom stereocenters. The zero-order chi connectivity index (χ0) is 13.5. The summed E-state index contributed by atoms with van der Waals surface area (Å²) < 4.78 is 6.38. The second-order valence-electron chi connectivity index (χ2n) is 5.83. The van der Waals surface area contributed by atoms with E-state index in [1.54, 1.807) is 7.11 Å². The van der Waals surface area contributed by atoms with Crippen LogP contribution in [-0.4, -0.2) is 17.1 Å². The van der Waals surface area contributed by atoms with Crippen molar-refractivity contribution in [3.63, 3.8) is 0 Å². The van der Waals surface area contributed by atoms with Crippen molar-refractivity contribution >= 4 is 27.5 Å². The quantitative estimate of drug-likeness (QED) is 0.764. The van der Waals surface area contributed by atoms with E-state index < -0.39 is 0 Å². The Morgan fingerprint density at radius 1 is 1.33 bits per heavy atom. The molecule has 1 aliphatic carbocycles. The monoisotopic (exact) mass is 332 g/mol. The van der Waals surface area contributed by atoms with E-state index in [1.807, 2.05) is 0 Å². The van der Waals surface area contributed by atoms with Crippen LogP contribution in [0.25, 0.3) is 0 Å². The fourth-order valence-corrected chi connectivity index (χ4v) is 2.73. The highest BCUT2D eigenvalue weighted by atomic mass is 79.9. The number of hydrogen-bond acceptors (Lipinski definition) is 3. The Balaban J connectivity index is 2.44. The second kappa shape index (κ2) is 5.06. The summed E-state index contributed by atoms with van der Waals surface area (Å²) >= 11 is 9.67. The smallest absolute Gasteiger partial charge is 0.159 e. The number of nitrogens with zero attached hydrogens (tertiary/aromatic N) is 2. The molecule has 1 aromatic heterocycles. The highest BCUT2D eigenvalue weighted by molar-refractivity contribution is 9.10. The minimum absolute atomic E-state index is 0.0628. The number of hydrogen-bond donors (Lipinski definition) is 0. The van der Waals surface area contributed by atoms with Crippen LogP contribution in [0.1, 0.15) is 57.2 Å². The Labute approximate surface area is 121 Å². The molecule has 1 fully saturated rings. The summed E-state index contributed by atoms with van der Waals surface area (Å²) in [5.74, 6) is 1.20. The SMILES string of the molecule is COC(c1nc(Cl)c(Br)c(C2CC2)n1)C(C)(C)C. The lowest BCUT2D eigenvalue weighted by molar-refractivity contribution is 0.00848. The molecular formula is C13H18BrClN2O. The maximum absolute atomic E-state index is 6.19. The number of aromatic nitrogens is 2. The Morgan fingerprint density at radius 3 is 2.39 bits per heavy atom. The summed E-state index contributed by atoms with van der Waals surface area (Å²) in [5.41, 5.74) is 0.962. The van der Waals surface area contributed by atoms with Gasteiger partial charge < -0.3 is 4.74 Å². The van der Waals surface area contributed by atoms with Crippen LogP contribution in [0.5, 0.6) is 0 Å². The molecule has 0 spiro atoms. The molecule has 0 saturated heterocycles. The first-order valence-corrected chi connectivity index (χ1v) is 7.27. The molecule has 5 heteroatoms. The summed E-state index contributed by atoms with van der Waals surface area (Å²) in [6.45, 7) is 6.33. The molecule has 1 saturated carbocycles. The average Bonchev–Trinajstić information content (AvgIpc) is 3.05. The van der Waals surface area contributed by atoms with E-state index in [1.165, 1.54) is 12.8 Å². The summed E-state index contributed by atoms with van der Waals surface area (Å²) in [5, 5.41) is 0.480. The molecule has 0 aliphatic heterocycles. The van der Waals surface area contributed by atoms with Crippen LogP contribution in [0.2, 0.25) is 5.15 Å². The van der Waals surface area contributed by atoms with Gasteiger partial charge in [-0.1, -0.05) is 32.4 Å². The van der Waals surface area contributed by atoms with Gasteiger partial charge in [0.1, 0.15) is 11.3 Å². The van der Waals surface area contributed by atoms with Gasteiger partial charge in [0, 0.05) is 13.0 Å². The van der Waals surface area contributed by atoms with Crippen LogP contribution < -0.4 is 0 Å². The number of ether oxygens (including phenoxy) is 1. The molecule has 3 nitrogen and oxygen atoms in total. The van der Waals surface area contributed by atoms with Gasteiger partial charge in [-0.05, 0) is 34.2 Å². The fraction of sp³-hybridized carbons (Fsp3) is 0.692.